The number of halogens is 2. The zero-order valence-corrected chi connectivity index (χ0v) is 14.5. The lowest BCUT2D eigenvalue weighted by Crippen LogP contribution is -2.49. The Morgan fingerprint density at radius 1 is 1.08 bits per heavy atom. The second kappa shape index (κ2) is 8.07. The smallest absolute Gasteiger partial charge is 0.250 e. The van der Waals surface area contributed by atoms with Crippen LogP contribution >= 0.6 is 0 Å². The van der Waals surface area contributed by atoms with Crippen LogP contribution in [0.15, 0.2) is 60.7 Å². The second-order valence-corrected chi connectivity index (χ2v) is 6.84. The molecule has 1 N–H and O–H groups in total. The van der Waals surface area contributed by atoms with Crippen molar-refractivity contribution in [3.63, 3.8) is 0 Å². The quantitative estimate of drug-likeness (QED) is 0.785. The van der Waals surface area contributed by atoms with E-state index in [9.17, 15) is 8.78 Å². The third-order valence-electron chi connectivity index (χ3n) is 4.84. The lowest BCUT2D eigenvalue weighted by molar-refractivity contribution is -0.114. The van der Waals surface area contributed by atoms with Gasteiger partial charge in [-0.3, -0.25) is 0 Å². The van der Waals surface area contributed by atoms with E-state index in [1.54, 1.807) is 0 Å². The van der Waals surface area contributed by atoms with Crippen LogP contribution in [0.1, 0.15) is 43.4 Å². The third kappa shape index (κ3) is 5.10. The Labute approximate surface area is 148 Å². The van der Waals surface area contributed by atoms with Gasteiger partial charge in [0, 0.05) is 24.9 Å². The molecule has 1 saturated carbocycles. The molecule has 0 spiro atoms. The molecule has 1 fully saturated rings. The Kier molecular flexibility index (Phi) is 5.82. The minimum Gasteiger partial charge on any atom is -0.372 e. The minimum absolute atomic E-state index is 0.0708. The molecule has 1 aliphatic carbocycles. The van der Waals surface area contributed by atoms with Crippen LogP contribution in [0.5, 0.6) is 0 Å². The Morgan fingerprint density at radius 2 is 1.72 bits per heavy atom. The van der Waals surface area contributed by atoms with Crippen LogP contribution in [0.2, 0.25) is 0 Å². The highest BCUT2D eigenvalue weighted by atomic mass is 19.3. The van der Waals surface area contributed by atoms with Gasteiger partial charge >= 0.3 is 0 Å². The van der Waals surface area contributed by atoms with E-state index >= 15 is 0 Å². The molecule has 0 aromatic heterocycles. The van der Waals surface area contributed by atoms with Gasteiger partial charge in [-0.05, 0) is 24.5 Å². The zero-order valence-electron chi connectivity index (χ0n) is 14.5. The van der Waals surface area contributed by atoms with Crippen molar-refractivity contribution in [3.05, 3.63) is 71.8 Å². The number of alkyl halides is 2. The molecule has 0 saturated heterocycles. The van der Waals surface area contributed by atoms with Crippen molar-refractivity contribution >= 4 is 0 Å². The van der Waals surface area contributed by atoms with Crippen LogP contribution in [0.4, 0.5) is 8.78 Å². The highest BCUT2D eigenvalue weighted by Crippen LogP contribution is 2.36. The summed E-state index contributed by atoms with van der Waals surface area (Å²) in [6.07, 6.45) is -0.380. The van der Waals surface area contributed by atoms with Crippen molar-refractivity contribution in [3.8, 4) is 0 Å². The maximum atomic E-state index is 13.9. The molecular weight excluding hydrogens is 320 g/mol. The van der Waals surface area contributed by atoms with E-state index in [-0.39, 0.29) is 24.9 Å². The molecule has 2 unspecified atom stereocenters. The molecular formula is C21H25F2NO. The number of rotatable bonds is 6. The summed E-state index contributed by atoms with van der Waals surface area (Å²) in [5.74, 6) is -2.64. The summed E-state index contributed by atoms with van der Waals surface area (Å²) in [6, 6.07) is 19.8. The fourth-order valence-electron chi connectivity index (χ4n) is 3.39. The van der Waals surface area contributed by atoms with Crippen LogP contribution in [-0.2, 0) is 11.3 Å². The highest BCUT2D eigenvalue weighted by molar-refractivity contribution is 5.18. The lowest BCUT2D eigenvalue weighted by atomic mass is 9.88. The predicted molar refractivity (Wildman–Crippen MR) is 95.6 cm³/mol. The summed E-state index contributed by atoms with van der Waals surface area (Å²) >= 11 is 0. The molecule has 2 aromatic rings. The molecule has 0 heterocycles. The fourth-order valence-corrected chi connectivity index (χ4v) is 3.39. The van der Waals surface area contributed by atoms with Gasteiger partial charge < -0.3 is 10.1 Å². The molecule has 3 atom stereocenters. The van der Waals surface area contributed by atoms with E-state index in [0.29, 0.717) is 13.0 Å². The molecule has 0 bridgehead atoms. The first-order chi connectivity index (χ1) is 12.0. The molecule has 0 radical (unpaired) electrons. The average molecular weight is 345 g/mol. The van der Waals surface area contributed by atoms with E-state index in [4.69, 9.17) is 4.74 Å². The van der Waals surface area contributed by atoms with E-state index in [1.165, 1.54) is 0 Å². The summed E-state index contributed by atoms with van der Waals surface area (Å²) in [7, 11) is 0. The summed E-state index contributed by atoms with van der Waals surface area (Å²) in [5, 5.41) is 3.50. The molecule has 2 nitrogen and oxygen atoms in total. The Morgan fingerprint density at radius 3 is 2.40 bits per heavy atom. The average Bonchev–Trinajstić information content (AvgIpc) is 2.63. The molecule has 0 amide bonds. The molecule has 2 aromatic carbocycles. The number of hydrogen-bond acceptors (Lipinski definition) is 2. The zero-order chi connectivity index (χ0) is 17.7. The van der Waals surface area contributed by atoms with Crippen molar-refractivity contribution < 1.29 is 13.5 Å². The molecule has 3 rings (SSSR count). The van der Waals surface area contributed by atoms with Gasteiger partial charge in [-0.25, -0.2) is 8.78 Å². The van der Waals surface area contributed by atoms with Crippen molar-refractivity contribution in [2.45, 2.75) is 56.9 Å². The van der Waals surface area contributed by atoms with Gasteiger partial charge in [0.1, 0.15) is 0 Å². The predicted octanol–water partition coefficient (Wildman–Crippen LogP) is 5.11. The van der Waals surface area contributed by atoms with E-state index < -0.39 is 12.0 Å². The van der Waals surface area contributed by atoms with Crippen molar-refractivity contribution in [2.75, 3.05) is 0 Å². The minimum atomic E-state index is -2.64. The van der Waals surface area contributed by atoms with Crippen LogP contribution in [0, 0.1) is 0 Å². The van der Waals surface area contributed by atoms with Crippen LogP contribution < -0.4 is 5.32 Å². The standard InChI is InChI=1S/C21H25F2NO/c1-16(18-10-6-3-7-11-18)24-19-12-13-21(22,23)14-20(19)25-15-17-8-4-2-5-9-17/h2-11,16,19-20,24H,12-15H2,1H3/t16-,19?,20?/m0/s1. The van der Waals surface area contributed by atoms with Gasteiger partial charge in [-0.15, -0.1) is 0 Å². The Bertz CT molecular complexity index is 647. The van der Waals surface area contributed by atoms with Crippen LogP contribution in [-0.4, -0.2) is 18.1 Å². The van der Waals surface area contributed by atoms with Gasteiger partial charge in [0.05, 0.1) is 12.7 Å². The maximum absolute atomic E-state index is 13.9. The number of hydrogen-bond donors (Lipinski definition) is 1. The lowest BCUT2D eigenvalue weighted by Gasteiger charge is -2.38. The van der Waals surface area contributed by atoms with Gasteiger partial charge in [0.15, 0.2) is 0 Å². The second-order valence-electron chi connectivity index (χ2n) is 6.84. The van der Waals surface area contributed by atoms with Gasteiger partial charge in [-0.2, -0.15) is 0 Å². The molecule has 0 aliphatic heterocycles. The summed E-state index contributed by atoms with van der Waals surface area (Å²) in [6.45, 7) is 2.43. The van der Waals surface area contributed by atoms with Gasteiger partial charge in [-0.1, -0.05) is 60.7 Å². The normalized spacial score (nSPS) is 24.0. The van der Waals surface area contributed by atoms with Crippen LogP contribution in [0.3, 0.4) is 0 Å². The van der Waals surface area contributed by atoms with Crippen molar-refractivity contribution in [1.82, 2.24) is 5.32 Å². The van der Waals surface area contributed by atoms with Gasteiger partial charge in [0.25, 0.3) is 5.92 Å². The SMILES string of the molecule is C[C@H](NC1CCC(F)(F)CC1OCc1ccccc1)c1ccccc1. The first kappa shape index (κ1) is 18.0. The third-order valence-corrected chi connectivity index (χ3v) is 4.84. The molecule has 1 aliphatic rings. The van der Waals surface area contributed by atoms with E-state index in [1.807, 2.05) is 48.5 Å². The fraction of sp³-hybridized carbons (Fsp3) is 0.429. The Balaban J connectivity index is 1.65. The largest absolute Gasteiger partial charge is 0.372 e. The topological polar surface area (TPSA) is 21.3 Å². The monoisotopic (exact) mass is 345 g/mol. The van der Waals surface area contributed by atoms with Crippen molar-refractivity contribution in [2.24, 2.45) is 0 Å². The Hall–Kier alpha value is -1.78. The summed E-state index contributed by atoms with van der Waals surface area (Å²) in [5.41, 5.74) is 2.16. The van der Waals surface area contributed by atoms with E-state index in [0.717, 1.165) is 11.1 Å². The summed E-state index contributed by atoms with van der Waals surface area (Å²) in [4.78, 5) is 0. The number of ether oxygens (including phenoxy) is 1. The first-order valence-electron chi connectivity index (χ1n) is 8.88. The number of nitrogens with one attached hydrogen (secondary N) is 1. The summed E-state index contributed by atoms with van der Waals surface area (Å²) < 4.78 is 33.7. The first-order valence-corrected chi connectivity index (χ1v) is 8.88. The van der Waals surface area contributed by atoms with Crippen molar-refractivity contribution in [1.29, 1.82) is 0 Å². The molecule has 25 heavy (non-hydrogen) atoms. The van der Waals surface area contributed by atoms with E-state index in [2.05, 4.69) is 24.4 Å². The maximum Gasteiger partial charge on any atom is 0.250 e. The molecule has 134 valence electrons. The molecule has 4 heteroatoms. The number of benzene rings is 2. The van der Waals surface area contributed by atoms with Gasteiger partial charge in [0.2, 0.25) is 0 Å². The van der Waals surface area contributed by atoms with Crippen LogP contribution in [0.25, 0.3) is 0 Å². The highest BCUT2D eigenvalue weighted by Gasteiger charge is 2.42.